The summed E-state index contributed by atoms with van der Waals surface area (Å²) in [6, 6.07) is 3.98. The van der Waals surface area contributed by atoms with Crippen molar-refractivity contribution in [2.45, 2.75) is 25.8 Å². The highest BCUT2D eigenvalue weighted by atomic mass is 35.5. The molecule has 2 rings (SSSR count). The Balaban J connectivity index is 1.97. The Labute approximate surface area is 116 Å². The van der Waals surface area contributed by atoms with E-state index in [0.717, 1.165) is 18.6 Å². The maximum absolute atomic E-state index is 11.6. The number of rotatable bonds is 5. The van der Waals surface area contributed by atoms with Gasteiger partial charge in [-0.2, -0.15) is 5.10 Å². The third-order valence-corrected chi connectivity index (χ3v) is 3.25. The molecule has 19 heavy (non-hydrogen) atoms. The zero-order valence-electron chi connectivity index (χ0n) is 10.9. The van der Waals surface area contributed by atoms with Crippen LogP contribution in [0.2, 0.25) is 5.02 Å². The van der Waals surface area contributed by atoms with Crippen molar-refractivity contribution >= 4 is 17.3 Å². The molecule has 0 aliphatic carbocycles. The average molecular weight is 282 g/mol. The smallest absolute Gasteiger partial charge is 0.287 e. The van der Waals surface area contributed by atoms with E-state index in [1.807, 2.05) is 19.1 Å². The largest absolute Gasteiger partial charge is 0.469 e. The summed E-state index contributed by atoms with van der Waals surface area (Å²) in [5.74, 6) is 0.946. The predicted molar refractivity (Wildman–Crippen MR) is 74.6 cm³/mol. The second-order valence-electron chi connectivity index (χ2n) is 4.46. The fourth-order valence-corrected chi connectivity index (χ4v) is 1.99. The number of nitrogens with zero attached hydrogens (tertiary/aromatic N) is 2. The molecule has 0 radical (unpaired) electrons. The van der Waals surface area contributed by atoms with Crippen LogP contribution in [0.4, 0.5) is 5.69 Å². The van der Waals surface area contributed by atoms with Crippen LogP contribution in [0, 0.1) is 0 Å². The summed E-state index contributed by atoms with van der Waals surface area (Å²) in [6.07, 6.45) is 4.93. The molecule has 1 unspecified atom stereocenters. The minimum atomic E-state index is -0.301. The quantitative estimate of drug-likeness (QED) is 0.914. The summed E-state index contributed by atoms with van der Waals surface area (Å²) in [5, 5.41) is 7.30. The van der Waals surface area contributed by atoms with E-state index in [-0.39, 0.29) is 16.6 Å². The van der Waals surface area contributed by atoms with Gasteiger partial charge in [-0.15, -0.1) is 0 Å². The van der Waals surface area contributed by atoms with Gasteiger partial charge in [0.25, 0.3) is 5.56 Å². The van der Waals surface area contributed by atoms with Gasteiger partial charge in [0, 0.05) is 19.5 Å². The van der Waals surface area contributed by atoms with Crippen molar-refractivity contribution in [3.63, 3.8) is 0 Å². The van der Waals surface area contributed by atoms with Crippen molar-refractivity contribution in [1.29, 1.82) is 0 Å². The highest BCUT2D eigenvalue weighted by Crippen LogP contribution is 2.17. The van der Waals surface area contributed by atoms with Gasteiger partial charge in [-0.25, -0.2) is 4.68 Å². The lowest BCUT2D eigenvalue weighted by atomic mass is 10.1. The highest BCUT2D eigenvalue weighted by molar-refractivity contribution is 6.32. The molecule has 2 heterocycles. The van der Waals surface area contributed by atoms with Gasteiger partial charge in [0.1, 0.15) is 10.8 Å². The summed E-state index contributed by atoms with van der Waals surface area (Å²) >= 11 is 5.99. The molecule has 0 bridgehead atoms. The van der Waals surface area contributed by atoms with E-state index < -0.39 is 0 Å². The minimum Gasteiger partial charge on any atom is -0.469 e. The topological polar surface area (TPSA) is 60.1 Å². The van der Waals surface area contributed by atoms with E-state index >= 15 is 0 Å². The van der Waals surface area contributed by atoms with Crippen molar-refractivity contribution in [3.05, 3.63) is 45.7 Å². The molecule has 5 nitrogen and oxygen atoms in total. The standard InChI is InChI=1S/C13H16ClN3O2/c1-9(5-6-10-4-3-7-19-10)16-11-8-15-17(2)13(18)12(11)14/h3-4,7-9,16H,5-6H2,1-2H3. The van der Waals surface area contributed by atoms with Crippen LogP contribution in [0.1, 0.15) is 19.1 Å². The lowest BCUT2D eigenvalue weighted by Gasteiger charge is -2.15. The van der Waals surface area contributed by atoms with Crippen molar-refractivity contribution in [1.82, 2.24) is 9.78 Å². The summed E-state index contributed by atoms with van der Waals surface area (Å²) < 4.78 is 6.48. The van der Waals surface area contributed by atoms with E-state index in [1.54, 1.807) is 19.5 Å². The van der Waals surface area contributed by atoms with Crippen LogP contribution in [0.5, 0.6) is 0 Å². The van der Waals surface area contributed by atoms with Gasteiger partial charge in [0.05, 0.1) is 18.1 Å². The van der Waals surface area contributed by atoms with Crippen LogP contribution in [0.3, 0.4) is 0 Å². The van der Waals surface area contributed by atoms with E-state index in [1.165, 1.54) is 4.68 Å². The molecular formula is C13H16ClN3O2. The number of furan rings is 1. The van der Waals surface area contributed by atoms with E-state index in [2.05, 4.69) is 10.4 Å². The number of anilines is 1. The maximum Gasteiger partial charge on any atom is 0.287 e. The van der Waals surface area contributed by atoms with E-state index in [0.29, 0.717) is 5.69 Å². The molecule has 0 aliphatic heterocycles. The van der Waals surface area contributed by atoms with Crippen molar-refractivity contribution < 1.29 is 4.42 Å². The van der Waals surface area contributed by atoms with Gasteiger partial charge >= 0.3 is 0 Å². The lowest BCUT2D eigenvalue weighted by molar-refractivity contribution is 0.495. The number of hydrogen-bond acceptors (Lipinski definition) is 4. The monoisotopic (exact) mass is 281 g/mol. The van der Waals surface area contributed by atoms with Crippen LogP contribution >= 0.6 is 11.6 Å². The Morgan fingerprint density at radius 3 is 3.05 bits per heavy atom. The second-order valence-corrected chi connectivity index (χ2v) is 4.84. The van der Waals surface area contributed by atoms with E-state index in [9.17, 15) is 4.79 Å². The van der Waals surface area contributed by atoms with E-state index in [4.69, 9.17) is 16.0 Å². The summed E-state index contributed by atoms with van der Waals surface area (Å²) in [7, 11) is 1.57. The molecule has 2 aromatic heterocycles. The highest BCUT2D eigenvalue weighted by Gasteiger charge is 2.10. The zero-order valence-corrected chi connectivity index (χ0v) is 11.6. The number of hydrogen-bond donors (Lipinski definition) is 1. The normalized spacial score (nSPS) is 12.4. The van der Waals surface area contributed by atoms with Crippen LogP contribution in [-0.4, -0.2) is 15.8 Å². The zero-order chi connectivity index (χ0) is 13.8. The third kappa shape index (κ3) is 3.38. The maximum atomic E-state index is 11.6. The Morgan fingerprint density at radius 1 is 1.58 bits per heavy atom. The molecule has 0 saturated carbocycles. The fourth-order valence-electron chi connectivity index (χ4n) is 1.76. The average Bonchev–Trinajstić information content (AvgIpc) is 2.90. The lowest BCUT2D eigenvalue weighted by Crippen LogP contribution is -2.23. The van der Waals surface area contributed by atoms with Crippen LogP contribution in [0.15, 0.2) is 33.8 Å². The first-order valence-electron chi connectivity index (χ1n) is 6.08. The molecular weight excluding hydrogens is 266 g/mol. The van der Waals surface area contributed by atoms with Gasteiger partial charge in [0.15, 0.2) is 0 Å². The first-order chi connectivity index (χ1) is 9.08. The fraction of sp³-hybridized carbons (Fsp3) is 0.385. The Hall–Kier alpha value is -1.75. The number of aryl methyl sites for hydroxylation is 2. The summed E-state index contributed by atoms with van der Waals surface area (Å²) in [4.78, 5) is 11.6. The van der Waals surface area contributed by atoms with Crippen LogP contribution in [0.25, 0.3) is 0 Å². The van der Waals surface area contributed by atoms with Gasteiger partial charge in [-0.1, -0.05) is 11.6 Å². The third-order valence-electron chi connectivity index (χ3n) is 2.88. The molecule has 6 heteroatoms. The molecule has 0 aromatic carbocycles. The summed E-state index contributed by atoms with van der Waals surface area (Å²) in [5.41, 5.74) is 0.265. The van der Waals surface area contributed by atoms with Gasteiger partial charge in [-0.05, 0) is 25.5 Å². The second kappa shape index (κ2) is 5.93. The molecule has 102 valence electrons. The Morgan fingerprint density at radius 2 is 2.37 bits per heavy atom. The first kappa shape index (κ1) is 13.7. The number of halogens is 1. The van der Waals surface area contributed by atoms with Crippen molar-refractivity contribution in [2.75, 3.05) is 5.32 Å². The van der Waals surface area contributed by atoms with Crippen LogP contribution < -0.4 is 10.9 Å². The molecule has 0 spiro atoms. The molecule has 0 fully saturated rings. The predicted octanol–water partition coefficient (Wildman–Crippen LogP) is 2.46. The molecule has 0 amide bonds. The minimum absolute atomic E-state index is 0.163. The molecule has 2 aromatic rings. The van der Waals surface area contributed by atoms with Crippen molar-refractivity contribution in [3.8, 4) is 0 Å². The molecule has 0 aliphatic rings. The van der Waals surface area contributed by atoms with Gasteiger partial charge in [0.2, 0.25) is 0 Å². The SMILES string of the molecule is CC(CCc1ccco1)Nc1cnn(C)c(=O)c1Cl. The molecule has 0 saturated heterocycles. The molecule has 1 N–H and O–H groups in total. The molecule has 1 atom stereocenters. The van der Waals surface area contributed by atoms with Gasteiger partial charge < -0.3 is 9.73 Å². The summed E-state index contributed by atoms with van der Waals surface area (Å²) in [6.45, 7) is 2.02. The van der Waals surface area contributed by atoms with Crippen molar-refractivity contribution in [2.24, 2.45) is 7.05 Å². The Bertz CT molecular complexity index is 592. The number of aromatic nitrogens is 2. The van der Waals surface area contributed by atoms with Crippen LogP contribution in [-0.2, 0) is 13.5 Å². The Kier molecular flexibility index (Phi) is 4.27. The van der Waals surface area contributed by atoms with Gasteiger partial charge in [-0.3, -0.25) is 4.79 Å². The first-order valence-corrected chi connectivity index (χ1v) is 6.46. The number of nitrogens with one attached hydrogen (secondary N) is 1.